The van der Waals surface area contributed by atoms with Crippen LogP contribution in [0, 0.1) is 6.92 Å². The number of amides is 1. The quantitative estimate of drug-likeness (QED) is 0.596. The van der Waals surface area contributed by atoms with Crippen LogP contribution in [-0.2, 0) is 21.5 Å². The van der Waals surface area contributed by atoms with Gasteiger partial charge in [0.2, 0.25) is 5.91 Å². The predicted molar refractivity (Wildman–Crippen MR) is 117 cm³/mol. The maximum absolute atomic E-state index is 12.7. The lowest BCUT2D eigenvalue weighted by Crippen LogP contribution is -2.45. The standard InChI is InChI=1S/C21H25N5O3S/c1-17-22-13-14-25(17)20-12-8-7-9-18(20)15-23-21(27)16-26(30(28,29)24(2)3)19-10-5-4-6-11-19/h4-14H,15-16H2,1-3H3,(H,23,27). The molecule has 0 bridgehead atoms. The van der Waals surface area contributed by atoms with E-state index in [1.54, 1.807) is 36.5 Å². The fraction of sp³-hybridized carbons (Fsp3) is 0.238. The number of nitrogens with zero attached hydrogens (tertiary/aromatic N) is 4. The summed E-state index contributed by atoms with van der Waals surface area (Å²) in [6, 6.07) is 16.2. The Labute approximate surface area is 177 Å². The van der Waals surface area contributed by atoms with E-state index >= 15 is 0 Å². The van der Waals surface area contributed by atoms with Crippen molar-refractivity contribution in [1.29, 1.82) is 0 Å². The molecule has 158 valence electrons. The van der Waals surface area contributed by atoms with Crippen LogP contribution in [0.2, 0.25) is 0 Å². The van der Waals surface area contributed by atoms with Gasteiger partial charge in [0, 0.05) is 33.0 Å². The minimum absolute atomic E-state index is 0.261. The number of rotatable bonds is 8. The summed E-state index contributed by atoms with van der Waals surface area (Å²) in [5, 5.41) is 2.83. The molecule has 3 rings (SSSR count). The molecule has 0 saturated carbocycles. The third-order valence-electron chi connectivity index (χ3n) is 4.62. The highest BCUT2D eigenvalue weighted by molar-refractivity contribution is 7.90. The number of aromatic nitrogens is 2. The molecule has 1 amide bonds. The van der Waals surface area contributed by atoms with Gasteiger partial charge in [-0.2, -0.15) is 12.7 Å². The molecule has 1 heterocycles. The number of para-hydroxylation sites is 2. The molecule has 0 aliphatic carbocycles. The van der Waals surface area contributed by atoms with Crippen molar-refractivity contribution in [2.24, 2.45) is 0 Å². The van der Waals surface area contributed by atoms with Gasteiger partial charge in [0.15, 0.2) is 0 Å². The van der Waals surface area contributed by atoms with Gasteiger partial charge < -0.3 is 9.88 Å². The fourth-order valence-electron chi connectivity index (χ4n) is 3.01. The molecular weight excluding hydrogens is 402 g/mol. The van der Waals surface area contributed by atoms with E-state index in [-0.39, 0.29) is 13.1 Å². The Kier molecular flexibility index (Phi) is 6.53. The summed E-state index contributed by atoms with van der Waals surface area (Å²) in [4.78, 5) is 16.9. The molecule has 0 spiro atoms. The first-order valence-corrected chi connectivity index (χ1v) is 10.8. The van der Waals surface area contributed by atoms with Crippen LogP contribution in [0.5, 0.6) is 0 Å². The number of imidazole rings is 1. The van der Waals surface area contributed by atoms with Crippen molar-refractivity contribution in [3.05, 3.63) is 78.4 Å². The Morgan fingerprint density at radius 2 is 1.73 bits per heavy atom. The molecule has 9 heteroatoms. The highest BCUT2D eigenvalue weighted by Gasteiger charge is 2.27. The average Bonchev–Trinajstić information content (AvgIpc) is 3.16. The number of anilines is 1. The Morgan fingerprint density at radius 3 is 2.37 bits per heavy atom. The van der Waals surface area contributed by atoms with Crippen LogP contribution in [0.4, 0.5) is 5.69 Å². The second-order valence-corrected chi connectivity index (χ2v) is 8.95. The SMILES string of the molecule is Cc1nccn1-c1ccccc1CNC(=O)CN(c1ccccc1)S(=O)(=O)N(C)C. The summed E-state index contributed by atoms with van der Waals surface area (Å²) >= 11 is 0. The third-order valence-corrected chi connectivity index (χ3v) is 6.44. The second kappa shape index (κ2) is 9.10. The number of carbonyl (C=O) groups excluding carboxylic acids is 1. The minimum Gasteiger partial charge on any atom is -0.350 e. The molecule has 0 radical (unpaired) electrons. The van der Waals surface area contributed by atoms with Crippen molar-refractivity contribution in [2.45, 2.75) is 13.5 Å². The molecule has 0 unspecified atom stereocenters. The third kappa shape index (κ3) is 4.69. The zero-order valence-electron chi connectivity index (χ0n) is 17.2. The number of carbonyl (C=O) groups is 1. The Balaban J connectivity index is 1.77. The van der Waals surface area contributed by atoms with Gasteiger partial charge in [-0.05, 0) is 30.7 Å². The van der Waals surface area contributed by atoms with Gasteiger partial charge in [0.05, 0.1) is 11.4 Å². The monoisotopic (exact) mass is 427 g/mol. The topological polar surface area (TPSA) is 87.5 Å². The van der Waals surface area contributed by atoms with Gasteiger partial charge in [-0.25, -0.2) is 9.29 Å². The molecule has 0 fully saturated rings. The van der Waals surface area contributed by atoms with E-state index in [4.69, 9.17) is 0 Å². The van der Waals surface area contributed by atoms with Crippen molar-refractivity contribution >= 4 is 21.8 Å². The lowest BCUT2D eigenvalue weighted by Gasteiger charge is -2.27. The van der Waals surface area contributed by atoms with Crippen LogP contribution in [0.25, 0.3) is 5.69 Å². The summed E-state index contributed by atoms with van der Waals surface area (Å²) in [5.41, 5.74) is 2.23. The van der Waals surface area contributed by atoms with Crippen LogP contribution in [0.1, 0.15) is 11.4 Å². The van der Waals surface area contributed by atoms with Crippen molar-refractivity contribution < 1.29 is 13.2 Å². The molecule has 0 aliphatic rings. The van der Waals surface area contributed by atoms with Gasteiger partial charge >= 0.3 is 10.2 Å². The van der Waals surface area contributed by atoms with E-state index in [0.29, 0.717) is 5.69 Å². The van der Waals surface area contributed by atoms with E-state index in [9.17, 15) is 13.2 Å². The normalized spacial score (nSPS) is 11.5. The molecule has 3 aromatic rings. The maximum Gasteiger partial charge on any atom is 0.304 e. The van der Waals surface area contributed by atoms with Gasteiger partial charge in [0.25, 0.3) is 0 Å². The zero-order valence-corrected chi connectivity index (χ0v) is 18.0. The van der Waals surface area contributed by atoms with Crippen LogP contribution >= 0.6 is 0 Å². The van der Waals surface area contributed by atoms with Gasteiger partial charge in [-0.1, -0.05) is 36.4 Å². The largest absolute Gasteiger partial charge is 0.350 e. The lowest BCUT2D eigenvalue weighted by atomic mass is 10.1. The zero-order chi connectivity index (χ0) is 21.7. The smallest absolute Gasteiger partial charge is 0.304 e. The summed E-state index contributed by atoms with van der Waals surface area (Å²) < 4.78 is 29.6. The van der Waals surface area contributed by atoms with Crippen molar-refractivity contribution in [1.82, 2.24) is 19.2 Å². The first-order chi connectivity index (χ1) is 14.3. The molecule has 8 nitrogen and oxygen atoms in total. The average molecular weight is 428 g/mol. The van der Waals surface area contributed by atoms with Crippen molar-refractivity contribution in [2.75, 3.05) is 24.9 Å². The maximum atomic E-state index is 12.7. The summed E-state index contributed by atoms with van der Waals surface area (Å²) in [5.74, 6) is 0.433. The first-order valence-electron chi connectivity index (χ1n) is 9.41. The van der Waals surface area contributed by atoms with Gasteiger partial charge in [-0.3, -0.25) is 4.79 Å². The molecular formula is C21H25N5O3S. The van der Waals surface area contributed by atoms with E-state index in [2.05, 4.69) is 10.3 Å². The number of hydrogen-bond acceptors (Lipinski definition) is 4. The second-order valence-electron chi connectivity index (χ2n) is 6.88. The molecule has 0 saturated heterocycles. The van der Waals surface area contributed by atoms with Crippen LogP contribution in [0.3, 0.4) is 0 Å². The van der Waals surface area contributed by atoms with E-state index in [1.807, 2.05) is 42.0 Å². The molecule has 1 aromatic heterocycles. The molecule has 0 aliphatic heterocycles. The molecule has 0 atom stereocenters. The van der Waals surface area contributed by atoms with Crippen molar-refractivity contribution in [3.63, 3.8) is 0 Å². The highest BCUT2D eigenvalue weighted by Crippen LogP contribution is 2.19. The molecule has 2 aromatic carbocycles. The summed E-state index contributed by atoms with van der Waals surface area (Å²) in [6.07, 6.45) is 3.57. The number of aryl methyl sites for hydroxylation is 1. The number of benzene rings is 2. The van der Waals surface area contributed by atoms with Crippen molar-refractivity contribution in [3.8, 4) is 5.69 Å². The molecule has 30 heavy (non-hydrogen) atoms. The summed E-state index contributed by atoms with van der Waals surface area (Å²) in [7, 11) is -0.951. The van der Waals surface area contributed by atoms with Crippen LogP contribution < -0.4 is 9.62 Å². The first kappa shape index (κ1) is 21.5. The van der Waals surface area contributed by atoms with Gasteiger partial charge in [0.1, 0.15) is 12.4 Å². The Morgan fingerprint density at radius 1 is 1.07 bits per heavy atom. The Bertz CT molecular complexity index is 1110. The minimum atomic E-state index is -3.83. The summed E-state index contributed by atoms with van der Waals surface area (Å²) in [6.45, 7) is 1.84. The number of hydrogen-bond donors (Lipinski definition) is 1. The molecule has 1 N–H and O–H groups in total. The van der Waals surface area contributed by atoms with Gasteiger partial charge in [-0.15, -0.1) is 0 Å². The Hall–Kier alpha value is -3.17. The lowest BCUT2D eigenvalue weighted by molar-refractivity contribution is -0.119. The van der Waals surface area contributed by atoms with E-state index in [1.165, 1.54) is 14.1 Å². The number of nitrogens with one attached hydrogen (secondary N) is 1. The predicted octanol–water partition coefficient (Wildman–Crippen LogP) is 2.11. The van der Waals surface area contributed by atoms with E-state index in [0.717, 1.165) is 25.7 Å². The van der Waals surface area contributed by atoms with Crippen LogP contribution in [0.15, 0.2) is 67.0 Å². The van der Waals surface area contributed by atoms with E-state index < -0.39 is 16.1 Å². The fourth-order valence-corrected chi connectivity index (χ4v) is 4.07. The van der Waals surface area contributed by atoms with Crippen LogP contribution in [-0.4, -0.2) is 48.8 Å². The highest BCUT2D eigenvalue weighted by atomic mass is 32.2.